The summed E-state index contributed by atoms with van der Waals surface area (Å²) in [4.78, 5) is 3.21. The highest BCUT2D eigenvalue weighted by molar-refractivity contribution is 9.10. The van der Waals surface area contributed by atoms with Crippen LogP contribution in [-0.2, 0) is 0 Å². The molecule has 0 bridgehead atoms. The third-order valence-corrected chi connectivity index (χ3v) is 3.75. The van der Waals surface area contributed by atoms with E-state index in [1.54, 1.807) is 7.11 Å². The Morgan fingerprint density at radius 3 is 2.79 bits per heavy atom. The van der Waals surface area contributed by atoms with Crippen LogP contribution in [0.15, 0.2) is 46.9 Å². The van der Waals surface area contributed by atoms with Crippen LogP contribution >= 0.6 is 28.1 Å². The van der Waals surface area contributed by atoms with E-state index in [0.717, 1.165) is 26.9 Å². The molecule has 0 saturated heterocycles. The molecule has 0 atom stereocenters. The monoisotopic (exact) mass is 334 g/mol. The first kappa shape index (κ1) is 12.4. The van der Waals surface area contributed by atoms with E-state index < -0.39 is 0 Å². The minimum atomic E-state index is 0.651. The number of imidazole rings is 1. The van der Waals surface area contributed by atoms with Crippen LogP contribution in [0.5, 0.6) is 5.75 Å². The van der Waals surface area contributed by atoms with Gasteiger partial charge in [0.15, 0.2) is 4.77 Å². The van der Waals surface area contributed by atoms with Gasteiger partial charge in [-0.2, -0.15) is 0 Å². The SMILES string of the molecule is COc1ccccc1-n1c(=S)[nH]c2cc(Br)ccc21. The van der Waals surface area contributed by atoms with Gasteiger partial charge in [0.05, 0.1) is 23.8 Å². The van der Waals surface area contributed by atoms with Gasteiger partial charge in [-0.25, -0.2) is 0 Å². The molecule has 0 saturated carbocycles. The summed E-state index contributed by atoms with van der Waals surface area (Å²) in [5, 5.41) is 0. The largest absolute Gasteiger partial charge is 0.495 e. The highest BCUT2D eigenvalue weighted by atomic mass is 79.9. The molecule has 1 N–H and O–H groups in total. The molecular formula is C14H11BrN2OS. The molecule has 3 aromatic rings. The van der Waals surface area contributed by atoms with E-state index in [4.69, 9.17) is 17.0 Å². The molecule has 0 radical (unpaired) electrons. The topological polar surface area (TPSA) is 29.9 Å². The maximum absolute atomic E-state index is 5.42. The molecule has 0 fully saturated rings. The predicted molar refractivity (Wildman–Crippen MR) is 82.7 cm³/mol. The van der Waals surface area contributed by atoms with Crippen molar-refractivity contribution < 1.29 is 4.74 Å². The summed E-state index contributed by atoms with van der Waals surface area (Å²) >= 11 is 8.88. The van der Waals surface area contributed by atoms with Crippen molar-refractivity contribution in [2.24, 2.45) is 0 Å². The maximum Gasteiger partial charge on any atom is 0.182 e. The number of hydrogen-bond donors (Lipinski definition) is 1. The standard InChI is InChI=1S/C14H11BrN2OS/c1-18-13-5-3-2-4-12(13)17-11-7-6-9(15)8-10(11)16-14(17)19/h2-8H,1H3,(H,16,19). The number of rotatable bonds is 2. The average Bonchev–Trinajstić information content (AvgIpc) is 2.73. The first-order valence-electron chi connectivity index (χ1n) is 5.74. The lowest BCUT2D eigenvalue weighted by Gasteiger charge is -2.09. The number of benzene rings is 2. The van der Waals surface area contributed by atoms with Gasteiger partial charge in [0.25, 0.3) is 0 Å². The summed E-state index contributed by atoms with van der Waals surface area (Å²) in [6.07, 6.45) is 0. The van der Waals surface area contributed by atoms with Crippen LogP contribution in [-0.4, -0.2) is 16.7 Å². The van der Waals surface area contributed by atoms with Gasteiger partial charge >= 0.3 is 0 Å². The molecule has 3 rings (SSSR count). The van der Waals surface area contributed by atoms with Gasteiger partial charge in [-0.1, -0.05) is 28.1 Å². The fourth-order valence-corrected chi connectivity index (χ4v) is 2.81. The lowest BCUT2D eigenvalue weighted by molar-refractivity contribution is 0.413. The number of hydrogen-bond acceptors (Lipinski definition) is 2. The summed E-state index contributed by atoms with van der Waals surface area (Å²) in [5.41, 5.74) is 2.95. The molecule has 19 heavy (non-hydrogen) atoms. The van der Waals surface area contributed by atoms with E-state index in [1.807, 2.05) is 47.0 Å². The Labute approximate surface area is 124 Å². The summed E-state index contributed by atoms with van der Waals surface area (Å²) in [6, 6.07) is 13.9. The Morgan fingerprint density at radius 2 is 2.00 bits per heavy atom. The van der Waals surface area contributed by atoms with E-state index in [2.05, 4.69) is 20.9 Å². The highest BCUT2D eigenvalue weighted by Gasteiger charge is 2.10. The molecule has 1 aromatic heterocycles. The van der Waals surface area contributed by atoms with Crippen LogP contribution in [0.25, 0.3) is 16.7 Å². The second-order valence-corrected chi connectivity index (χ2v) is 5.40. The molecule has 0 aliphatic rings. The summed E-state index contributed by atoms with van der Waals surface area (Å²) in [6.45, 7) is 0. The maximum atomic E-state index is 5.42. The zero-order valence-corrected chi connectivity index (χ0v) is 12.6. The van der Waals surface area contributed by atoms with Crippen LogP contribution in [0.4, 0.5) is 0 Å². The van der Waals surface area contributed by atoms with Gasteiger partial charge in [0.1, 0.15) is 5.75 Å². The lowest BCUT2D eigenvalue weighted by atomic mass is 10.2. The molecule has 0 amide bonds. The molecule has 1 heterocycles. The number of fused-ring (bicyclic) bond motifs is 1. The molecule has 0 spiro atoms. The third kappa shape index (κ3) is 2.09. The van der Waals surface area contributed by atoms with Crippen LogP contribution in [0.1, 0.15) is 0 Å². The second kappa shape index (κ2) is 4.83. The summed E-state index contributed by atoms with van der Waals surface area (Å²) < 4.78 is 9.06. The van der Waals surface area contributed by atoms with Crippen molar-refractivity contribution in [3.8, 4) is 11.4 Å². The van der Waals surface area contributed by atoms with Crippen LogP contribution in [0.3, 0.4) is 0 Å². The van der Waals surface area contributed by atoms with Gasteiger partial charge in [-0.3, -0.25) is 4.57 Å². The number of nitrogens with zero attached hydrogens (tertiary/aromatic N) is 1. The number of nitrogens with one attached hydrogen (secondary N) is 1. The number of aromatic nitrogens is 2. The minimum Gasteiger partial charge on any atom is -0.495 e. The summed E-state index contributed by atoms with van der Waals surface area (Å²) in [7, 11) is 1.66. The molecule has 0 aliphatic carbocycles. The number of methoxy groups -OCH3 is 1. The predicted octanol–water partition coefficient (Wildman–Crippen LogP) is 4.46. The second-order valence-electron chi connectivity index (χ2n) is 4.10. The fraction of sp³-hybridized carbons (Fsp3) is 0.0714. The Kier molecular flexibility index (Phi) is 3.16. The number of aromatic amines is 1. The van der Waals surface area contributed by atoms with Gasteiger partial charge in [0, 0.05) is 4.47 Å². The molecule has 3 nitrogen and oxygen atoms in total. The molecule has 2 aromatic carbocycles. The Bertz CT molecular complexity index is 807. The molecule has 96 valence electrons. The quantitative estimate of drug-likeness (QED) is 0.701. The Balaban J connectivity index is 2.36. The van der Waals surface area contributed by atoms with Crippen molar-refractivity contribution in [2.75, 3.05) is 7.11 Å². The summed E-state index contributed by atoms with van der Waals surface area (Å²) in [5.74, 6) is 0.794. The molecule has 0 unspecified atom stereocenters. The van der Waals surface area contributed by atoms with Gasteiger partial charge in [-0.05, 0) is 42.5 Å². The van der Waals surface area contributed by atoms with Crippen molar-refractivity contribution in [1.29, 1.82) is 0 Å². The zero-order valence-electron chi connectivity index (χ0n) is 10.2. The molecule has 5 heteroatoms. The fourth-order valence-electron chi connectivity index (χ4n) is 2.14. The van der Waals surface area contributed by atoms with Crippen LogP contribution < -0.4 is 4.74 Å². The van der Waals surface area contributed by atoms with Crippen molar-refractivity contribution in [1.82, 2.24) is 9.55 Å². The lowest BCUT2D eigenvalue weighted by Crippen LogP contribution is -1.97. The highest BCUT2D eigenvalue weighted by Crippen LogP contribution is 2.28. The van der Waals surface area contributed by atoms with Crippen LogP contribution in [0, 0.1) is 4.77 Å². The normalized spacial score (nSPS) is 10.8. The average molecular weight is 335 g/mol. The van der Waals surface area contributed by atoms with E-state index in [0.29, 0.717) is 4.77 Å². The third-order valence-electron chi connectivity index (χ3n) is 2.97. The van der Waals surface area contributed by atoms with Crippen molar-refractivity contribution in [3.05, 3.63) is 51.7 Å². The van der Waals surface area contributed by atoms with Gasteiger partial charge in [-0.15, -0.1) is 0 Å². The van der Waals surface area contributed by atoms with Crippen molar-refractivity contribution in [3.63, 3.8) is 0 Å². The van der Waals surface area contributed by atoms with E-state index in [9.17, 15) is 0 Å². The number of ether oxygens (including phenoxy) is 1. The smallest absolute Gasteiger partial charge is 0.182 e. The van der Waals surface area contributed by atoms with Crippen LogP contribution in [0.2, 0.25) is 0 Å². The number of halogens is 1. The van der Waals surface area contributed by atoms with Crippen molar-refractivity contribution in [2.45, 2.75) is 0 Å². The first-order chi connectivity index (χ1) is 9.20. The number of para-hydroxylation sites is 2. The Hall–Kier alpha value is -1.59. The van der Waals surface area contributed by atoms with E-state index in [-0.39, 0.29) is 0 Å². The number of H-pyrrole nitrogens is 1. The van der Waals surface area contributed by atoms with Crippen molar-refractivity contribution >= 4 is 39.2 Å². The van der Waals surface area contributed by atoms with Gasteiger partial charge in [0.2, 0.25) is 0 Å². The minimum absolute atomic E-state index is 0.651. The zero-order chi connectivity index (χ0) is 13.4. The Morgan fingerprint density at radius 1 is 1.21 bits per heavy atom. The van der Waals surface area contributed by atoms with E-state index in [1.165, 1.54) is 0 Å². The van der Waals surface area contributed by atoms with Gasteiger partial charge < -0.3 is 9.72 Å². The first-order valence-corrected chi connectivity index (χ1v) is 6.94. The van der Waals surface area contributed by atoms with E-state index >= 15 is 0 Å². The molecule has 0 aliphatic heterocycles. The molecular weight excluding hydrogens is 324 g/mol.